The van der Waals surface area contributed by atoms with Gasteiger partial charge in [-0.15, -0.1) is 0 Å². The van der Waals surface area contributed by atoms with E-state index in [1.807, 2.05) is 18.2 Å². The summed E-state index contributed by atoms with van der Waals surface area (Å²) in [5.41, 5.74) is 1.52. The van der Waals surface area contributed by atoms with Crippen LogP contribution in [-0.4, -0.2) is 54.8 Å². The summed E-state index contributed by atoms with van der Waals surface area (Å²) in [7, 11) is 1.78. The molecule has 5 rings (SSSR count). The molecule has 0 aliphatic carbocycles. The van der Waals surface area contributed by atoms with Crippen LogP contribution in [0.5, 0.6) is 17.2 Å². The van der Waals surface area contributed by atoms with E-state index in [9.17, 15) is 9.18 Å². The fourth-order valence-electron chi connectivity index (χ4n) is 4.02. The van der Waals surface area contributed by atoms with E-state index in [0.29, 0.717) is 30.9 Å². The number of ether oxygens (including phenoxy) is 3. The number of rotatable bonds is 2. The van der Waals surface area contributed by atoms with Gasteiger partial charge in [0, 0.05) is 32.7 Å². The molecular weight excluding hydrogens is 351 g/mol. The van der Waals surface area contributed by atoms with Crippen molar-refractivity contribution >= 4 is 5.91 Å². The zero-order valence-corrected chi connectivity index (χ0v) is 14.9. The van der Waals surface area contributed by atoms with E-state index in [-0.39, 0.29) is 24.8 Å². The maximum absolute atomic E-state index is 13.6. The molecule has 0 aromatic heterocycles. The minimum absolute atomic E-state index is 0.0815. The summed E-state index contributed by atoms with van der Waals surface area (Å²) in [6, 6.07) is 9.91. The van der Waals surface area contributed by atoms with Gasteiger partial charge in [0.15, 0.2) is 11.5 Å². The lowest BCUT2D eigenvalue weighted by Gasteiger charge is -2.25. The van der Waals surface area contributed by atoms with E-state index < -0.39 is 5.82 Å². The summed E-state index contributed by atoms with van der Waals surface area (Å²) in [5, 5.41) is 0. The molecular formula is C20H19FN2O4. The molecule has 3 aliphatic rings. The second-order valence-electron chi connectivity index (χ2n) is 7.16. The van der Waals surface area contributed by atoms with Gasteiger partial charge in [0.1, 0.15) is 17.7 Å². The average Bonchev–Trinajstić information content (AvgIpc) is 3.25. The van der Waals surface area contributed by atoms with E-state index in [0.717, 1.165) is 17.1 Å². The monoisotopic (exact) mass is 370 g/mol. The first-order chi connectivity index (χ1) is 13.1. The van der Waals surface area contributed by atoms with Crippen LogP contribution in [0.3, 0.4) is 0 Å². The van der Waals surface area contributed by atoms with Gasteiger partial charge >= 0.3 is 0 Å². The molecule has 3 heterocycles. The van der Waals surface area contributed by atoms with E-state index >= 15 is 0 Å². The molecule has 2 atom stereocenters. The SMILES string of the molecule is CN1C(=O)c2ccc(F)cc2O[C@H]2CN(Cc3ccc4c(c3)OCO4)C[C@H]21. The van der Waals surface area contributed by atoms with E-state index in [4.69, 9.17) is 14.2 Å². The minimum Gasteiger partial charge on any atom is -0.486 e. The molecule has 3 aliphatic heterocycles. The number of fused-ring (bicyclic) bond motifs is 3. The van der Waals surface area contributed by atoms with Crippen LogP contribution in [-0.2, 0) is 6.54 Å². The van der Waals surface area contributed by atoms with Crippen LogP contribution >= 0.6 is 0 Å². The molecule has 0 spiro atoms. The van der Waals surface area contributed by atoms with Crippen LogP contribution < -0.4 is 14.2 Å². The molecule has 6 nitrogen and oxygen atoms in total. The van der Waals surface area contributed by atoms with Crippen LogP contribution in [0.15, 0.2) is 36.4 Å². The third-order valence-electron chi connectivity index (χ3n) is 5.43. The Hall–Kier alpha value is -2.80. The van der Waals surface area contributed by atoms with Crippen molar-refractivity contribution in [2.24, 2.45) is 0 Å². The normalized spacial score (nSPS) is 23.6. The highest BCUT2D eigenvalue weighted by Crippen LogP contribution is 2.34. The van der Waals surface area contributed by atoms with Gasteiger partial charge in [0.05, 0.1) is 11.6 Å². The number of nitrogens with zero attached hydrogens (tertiary/aromatic N) is 2. The van der Waals surface area contributed by atoms with Crippen molar-refractivity contribution in [2.75, 3.05) is 26.9 Å². The van der Waals surface area contributed by atoms with Gasteiger partial charge < -0.3 is 19.1 Å². The Balaban J connectivity index is 1.37. The Kier molecular flexibility index (Phi) is 3.72. The first-order valence-electron chi connectivity index (χ1n) is 8.93. The van der Waals surface area contributed by atoms with Crippen LogP contribution in [0.1, 0.15) is 15.9 Å². The minimum atomic E-state index is -0.405. The van der Waals surface area contributed by atoms with E-state index in [1.54, 1.807) is 11.9 Å². The number of carbonyl (C=O) groups excluding carboxylic acids is 1. The summed E-state index contributed by atoms with van der Waals surface area (Å²) < 4.78 is 30.5. The molecule has 0 unspecified atom stereocenters. The van der Waals surface area contributed by atoms with Crippen molar-refractivity contribution in [3.05, 3.63) is 53.3 Å². The average molecular weight is 370 g/mol. The first-order valence-corrected chi connectivity index (χ1v) is 8.93. The van der Waals surface area contributed by atoms with Crippen LogP contribution in [0.2, 0.25) is 0 Å². The smallest absolute Gasteiger partial charge is 0.257 e. The van der Waals surface area contributed by atoms with Crippen molar-refractivity contribution in [1.82, 2.24) is 9.80 Å². The number of carbonyl (C=O) groups is 1. The predicted octanol–water partition coefficient (Wildman–Crippen LogP) is 2.27. The van der Waals surface area contributed by atoms with Gasteiger partial charge in [0.2, 0.25) is 6.79 Å². The molecule has 0 bridgehead atoms. The van der Waals surface area contributed by atoms with Crippen molar-refractivity contribution in [3.8, 4) is 17.2 Å². The zero-order chi connectivity index (χ0) is 18.5. The first kappa shape index (κ1) is 16.4. The zero-order valence-electron chi connectivity index (χ0n) is 14.9. The number of likely N-dealkylation sites (N-methyl/N-ethyl adjacent to an activating group) is 1. The fraction of sp³-hybridized carbons (Fsp3) is 0.350. The summed E-state index contributed by atoms with van der Waals surface area (Å²) in [4.78, 5) is 16.7. The number of hydrogen-bond donors (Lipinski definition) is 0. The maximum atomic E-state index is 13.6. The van der Waals surface area contributed by atoms with Crippen LogP contribution in [0.4, 0.5) is 4.39 Å². The highest BCUT2D eigenvalue weighted by atomic mass is 19.1. The van der Waals surface area contributed by atoms with Gasteiger partial charge in [0.25, 0.3) is 5.91 Å². The number of amides is 1. The standard InChI is InChI=1S/C20H19FN2O4/c1-22-15-9-23(8-12-2-5-16-18(6-12)26-11-25-16)10-19(15)27-17-7-13(21)3-4-14(17)20(22)24/h2-7,15,19H,8-11H2,1H3/t15-,19+/m1/s1. The molecule has 0 N–H and O–H groups in total. The summed E-state index contributed by atoms with van der Waals surface area (Å²) in [6.45, 7) is 2.32. The topological polar surface area (TPSA) is 51.2 Å². The molecule has 2 aromatic carbocycles. The molecule has 2 aromatic rings. The van der Waals surface area contributed by atoms with Crippen LogP contribution in [0, 0.1) is 5.82 Å². The van der Waals surface area contributed by atoms with Gasteiger partial charge in [-0.05, 0) is 29.8 Å². The Morgan fingerprint density at radius 3 is 2.81 bits per heavy atom. The van der Waals surface area contributed by atoms with Crippen molar-refractivity contribution in [1.29, 1.82) is 0 Å². The van der Waals surface area contributed by atoms with Gasteiger partial charge in [-0.25, -0.2) is 4.39 Å². The Labute approximate surface area is 156 Å². The summed E-state index contributed by atoms with van der Waals surface area (Å²) in [5.74, 6) is 1.30. The Morgan fingerprint density at radius 1 is 1.07 bits per heavy atom. The van der Waals surface area contributed by atoms with Crippen molar-refractivity contribution in [2.45, 2.75) is 18.7 Å². The maximum Gasteiger partial charge on any atom is 0.257 e. The summed E-state index contributed by atoms with van der Waals surface area (Å²) in [6.07, 6.45) is -0.198. The number of hydrogen-bond acceptors (Lipinski definition) is 5. The fourth-order valence-corrected chi connectivity index (χ4v) is 4.02. The molecule has 1 fully saturated rings. The molecule has 7 heteroatoms. The highest BCUT2D eigenvalue weighted by Gasteiger charge is 2.42. The Bertz CT molecular complexity index is 919. The largest absolute Gasteiger partial charge is 0.486 e. The molecule has 0 radical (unpaired) electrons. The second-order valence-corrected chi connectivity index (χ2v) is 7.16. The number of halogens is 1. The molecule has 27 heavy (non-hydrogen) atoms. The predicted molar refractivity (Wildman–Crippen MR) is 94.5 cm³/mol. The highest BCUT2D eigenvalue weighted by molar-refractivity contribution is 5.97. The van der Waals surface area contributed by atoms with Crippen molar-refractivity contribution in [3.63, 3.8) is 0 Å². The molecule has 1 saturated heterocycles. The van der Waals surface area contributed by atoms with Gasteiger partial charge in [-0.1, -0.05) is 6.07 Å². The third-order valence-corrected chi connectivity index (χ3v) is 5.43. The van der Waals surface area contributed by atoms with Crippen molar-refractivity contribution < 1.29 is 23.4 Å². The van der Waals surface area contributed by atoms with Crippen LogP contribution in [0.25, 0.3) is 0 Å². The lowest BCUT2D eigenvalue weighted by atomic mass is 10.1. The van der Waals surface area contributed by atoms with E-state index in [1.165, 1.54) is 18.2 Å². The van der Waals surface area contributed by atoms with Gasteiger partial charge in [-0.3, -0.25) is 9.69 Å². The lowest BCUT2D eigenvalue weighted by molar-refractivity contribution is 0.0682. The third kappa shape index (κ3) is 2.78. The second kappa shape index (κ2) is 6.13. The number of likely N-dealkylation sites (tertiary alicyclic amines) is 1. The molecule has 0 saturated carbocycles. The lowest BCUT2D eigenvalue weighted by Crippen LogP contribution is -2.44. The molecule has 140 valence electrons. The molecule has 1 amide bonds. The quantitative estimate of drug-likeness (QED) is 0.812. The van der Waals surface area contributed by atoms with Gasteiger partial charge in [-0.2, -0.15) is 0 Å². The van der Waals surface area contributed by atoms with E-state index in [2.05, 4.69) is 4.90 Å². The number of benzene rings is 2. The Morgan fingerprint density at radius 2 is 1.93 bits per heavy atom. The summed E-state index contributed by atoms with van der Waals surface area (Å²) >= 11 is 0.